The minimum absolute atomic E-state index is 0.355. The van der Waals surface area contributed by atoms with Crippen LogP contribution in [0, 0.1) is 12.7 Å². The van der Waals surface area contributed by atoms with Crippen molar-refractivity contribution in [3.05, 3.63) is 59.3 Å². The molecule has 0 saturated carbocycles. The van der Waals surface area contributed by atoms with Crippen molar-refractivity contribution in [3.63, 3.8) is 0 Å². The van der Waals surface area contributed by atoms with Crippen LogP contribution in [0.25, 0.3) is 11.1 Å². The number of anilines is 1. The number of fused-ring (bicyclic) bond motifs is 1. The molecule has 9 heteroatoms. The molecule has 0 unspecified atom stereocenters. The predicted octanol–water partition coefficient (Wildman–Crippen LogP) is 4.64. The molecule has 4 rings (SSSR count). The van der Waals surface area contributed by atoms with Crippen molar-refractivity contribution >= 4 is 22.3 Å². The number of hydrogen-bond donors (Lipinski definition) is 1. The molecule has 156 valence electrons. The molecule has 30 heavy (non-hydrogen) atoms. The van der Waals surface area contributed by atoms with Gasteiger partial charge >= 0.3 is 6.03 Å². The summed E-state index contributed by atoms with van der Waals surface area (Å²) in [5, 5.41) is 6.32. The Morgan fingerprint density at radius 1 is 1.30 bits per heavy atom. The van der Waals surface area contributed by atoms with Crippen molar-refractivity contribution in [1.82, 2.24) is 14.8 Å². The topological polar surface area (TPSA) is 89.2 Å². The third-order valence-electron chi connectivity index (χ3n) is 5.04. The summed E-state index contributed by atoms with van der Waals surface area (Å²) >= 11 is 0. The third kappa shape index (κ3) is 3.85. The molecular formula is C21H21FN5O2S-. The highest BCUT2D eigenvalue weighted by atomic mass is 32.2. The van der Waals surface area contributed by atoms with Crippen LogP contribution < -0.4 is 5.32 Å². The molecule has 0 radical (unpaired) electrons. The number of hydrogen-bond acceptors (Lipinski definition) is 5. The lowest BCUT2D eigenvalue weighted by Crippen LogP contribution is -2.12. The fourth-order valence-electron chi connectivity index (χ4n) is 3.71. The Balaban J connectivity index is 1.73. The van der Waals surface area contributed by atoms with Crippen LogP contribution in [0.3, 0.4) is 0 Å². The van der Waals surface area contributed by atoms with E-state index in [0.717, 1.165) is 53.5 Å². The van der Waals surface area contributed by atoms with Crippen LogP contribution in [-0.2, 0) is 34.2 Å². The van der Waals surface area contributed by atoms with E-state index in [-0.39, 0.29) is 5.03 Å². The number of aromatic nitrogens is 3. The van der Waals surface area contributed by atoms with Gasteiger partial charge in [-0.25, -0.2) is 9.18 Å². The molecule has 3 aromatic rings. The first-order valence-corrected chi connectivity index (χ1v) is 10.8. The average Bonchev–Trinajstić information content (AvgIpc) is 3.34. The maximum atomic E-state index is 14.0. The molecule has 0 fully saturated rings. The number of carbonyl (C=O) groups excluding carboxylic acids is 1. The Morgan fingerprint density at radius 2 is 2.07 bits per heavy atom. The molecular weight excluding hydrogens is 405 g/mol. The molecule has 1 N–H and O–H groups in total. The SMILES string of the molecule is CCn1cc(F)c([S-](=O)=NC(=O)Nc2c3c(nc(C)c2-c2ccccc2)CCC3)n1. The van der Waals surface area contributed by atoms with E-state index in [9.17, 15) is 13.4 Å². The van der Waals surface area contributed by atoms with E-state index in [1.54, 1.807) is 6.92 Å². The Bertz CT molecular complexity index is 1200. The van der Waals surface area contributed by atoms with E-state index in [0.29, 0.717) is 12.2 Å². The fourth-order valence-corrected chi connectivity index (χ4v) is 4.39. The molecule has 1 aromatic carbocycles. The van der Waals surface area contributed by atoms with Crippen LogP contribution in [0.1, 0.15) is 30.3 Å². The Labute approximate surface area is 175 Å². The maximum absolute atomic E-state index is 14.0. The summed E-state index contributed by atoms with van der Waals surface area (Å²) in [7, 11) is -2.24. The van der Waals surface area contributed by atoms with Gasteiger partial charge in [-0.15, -0.1) is 10.6 Å². The maximum Gasteiger partial charge on any atom is 0.322 e. The summed E-state index contributed by atoms with van der Waals surface area (Å²) in [6, 6.07) is 8.84. The van der Waals surface area contributed by atoms with E-state index in [1.165, 1.54) is 4.68 Å². The van der Waals surface area contributed by atoms with E-state index >= 15 is 0 Å². The van der Waals surface area contributed by atoms with E-state index in [4.69, 9.17) is 4.98 Å². The number of halogens is 1. The lowest BCUT2D eigenvalue weighted by atomic mass is 9.98. The number of aryl methyl sites for hydroxylation is 3. The molecule has 1 aliphatic carbocycles. The van der Waals surface area contributed by atoms with Gasteiger partial charge in [-0.1, -0.05) is 30.3 Å². The zero-order valence-electron chi connectivity index (χ0n) is 16.7. The lowest BCUT2D eigenvalue weighted by molar-refractivity contribution is 0.260. The summed E-state index contributed by atoms with van der Waals surface area (Å²) in [4.78, 5) is 17.4. The number of carbonyl (C=O) groups is 1. The average molecular weight is 426 g/mol. The van der Waals surface area contributed by atoms with Gasteiger partial charge in [0.1, 0.15) is 5.82 Å². The molecule has 0 bridgehead atoms. The van der Waals surface area contributed by atoms with Gasteiger partial charge in [-0.2, -0.15) is 5.10 Å². The molecule has 0 aliphatic heterocycles. The van der Waals surface area contributed by atoms with Gasteiger partial charge in [-0.05, 0) is 44.2 Å². The second-order valence-electron chi connectivity index (χ2n) is 7.00. The van der Waals surface area contributed by atoms with Crippen LogP contribution in [0.2, 0.25) is 0 Å². The van der Waals surface area contributed by atoms with E-state index < -0.39 is 22.4 Å². The number of pyridine rings is 1. The molecule has 2 aromatic heterocycles. The second kappa shape index (κ2) is 8.35. The number of amides is 2. The predicted molar refractivity (Wildman–Crippen MR) is 112 cm³/mol. The van der Waals surface area contributed by atoms with Gasteiger partial charge in [-0.3, -0.25) is 9.67 Å². The number of benzene rings is 1. The Morgan fingerprint density at radius 3 is 2.77 bits per heavy atom. The van der Waals surface area contributed by atoms with Gasteiger partial charge in [0, 0.05) is 28.5 Å². The standard InChI is InChI=1S/C21H21FN5O2S/c1-3-27-12-16(22)20(25-27)30(29)26-21(28)24-19-15-10-7-11-17(15)23-13(2)18(19)14-8-5-4-6-9-14/h4-6,8-9,12H,3,7,10-11H2,1-2H3,(H,23,24,28)/q-1. The van der Waals surface area contributed by atoms with E-state index in [1.807, 2.05) is 37.3 Å². The third-order valence-corrected chi connectivity index (χ3v) is 5.98. The minimum Gasteiger partial charge on any atom is -0.438 e. The summed E-state index contributed by atoms with van der Waals surface area (Å²) in [6.45, 7) is 4.10. The van der Waals surface area contributed by atoms with Crippen molar-refractivity contribution in [2.45, 2.75) is 44.7 Å². The molecule has 7 nitrogen and oxygen atoms in total. The molecule has 0 atom stereocenters. The number of nitrogens with one attached hydrogen (secondary N) is 1. The highest BCUT2D eigenvalue weighted by Gasteiger charge is 2.23. The first kappa shape index (κ1) is 20.2. The number of nitrogens with zero attached hydrogens (tertiary/aromatic N) is 4. The number of rotatable bonds is 4. The lowest BCUT2D eigenvalue weighted by Gasteiger charge is -2.17. The summed E-state index contributed by atoms with van der Waals surface area (Å²) in [5.74, 6) is -0.752. The molecule has 1 aliphatic rings. The van der Waals surface area contributed by atoms with Gasteiger partial charge in [0.25, 0.3) is 0 Å². The Kier molecular flexibility index (Phi) is 5.63. The number of urea groups is 1. The first-order chi connectivity index (χ1) is 14.5. The molecule has 2 amide bonds. The van der Waals surface area contributed by atoms with Crippen LogP contribution in [0.4, 0.5) is 14.9 Å². The van der Waals surface area contributed by atoms with Crippen molar-refractivity contribution in [2.24, 2.45) is 4.36 Å². The summed E-state index contributed by atoms with van der Waals surface area (Å²) in [6.07, 6.45) is 3.71. The highest BCUT2D eigenvalue weighted by Crippen LogP contribution is 2.38. The smallest absolute Gasteiger partial charge is 0.322 e. The first-order valence-electron chi connectivity index (χ1n) is 9.73. The van der Waals surface area contributed by atoms with Crippen molar-refractivity contribution in [1.29, 1.82) is 0 Å². The van der Waals surface area contributed by atoms with Crippen LogP contribution in [0.5, 0.6) is 0 Å². The van der Waals surface area contributed by atoms with Crippen molar-refractivity contribution in [2.75, 3.05) is 5.32 Å². The monoisotopic (exact) mass is 426 g/mol. The van der Waals surface area contributed by atoms with Gasteiger partial charge in [0.05, 0.1) is 11.9 Å². The van der Waals surface area contributed by atoms with Gasteiger partial charge in [0.15, 0.2) is 0 Å². The van der Waals surface area contributed by atoms with Crippen molar-refractivity contribution < 1.29 is 13.4 Å². The van der Waals surface area contributed by atoms with Gasteiger partial charge in [0.2, 0.25) is 0 Å². The quantitative estimate of drug-likeness (QED) is 0.616. The summed E-state index contributed by atoms with van der Waals surface area (Å²) < 4.78 is 31.3. The molecule has 0 saturated heterocycles. The summed E-state index contributed by atoms with van der Waals surface area (Å²) in [5.41, 5.74) is 5.08. The highest BCUT2D eigenvalue weighted by molar-refractivity contribution is 7.75. The van der Waals surface area contributed by atoms with Gasteiger partial charge < -0.3 is 13.9 Å². The largest absolute Gasteiger partial charge is 0.438 e. The zero-order valence-corrected chi connectivity index (χ0v) is 17.5. The second-order valence-corrected chi connectivity index (χ2v) is 8.07. The zero-order chi connectivity index (χ0) is 21.3. The van der Waals surface area contributed by atoms with Crippen molar-refractivity contribution in [3.8, 4) is 11.1 Å². The Hall–Kier alpha value is -3.07. The van der Waals surface area contributed by atoms with Crippen LogP contribution in [0.15, 0.2) is 45.9 Å². The molecule has 2 heterocycles. The van der Waals surface area contributed by atoms with Crippen LogP contribution >= 0.6 is 0 Å². The normalized spacial score (nSPS) is 14.0. The van der Waals surface area contributed by atoms with E-state index in [2.05, 4.69) is 14.8 Å². The fraction of sp³-hybridized carbons (Fsp3) is 0.286. The minimum atomic E-state index is -2.24. The molecule has 0 spiro atoms. The van der Waals surface area contributed by atoms with Crippen LogP contribution in [-0.4, -0.2) is 20.8 Å².